The number of likely N-dealkylation sites (tertiary alicyclic amines) is 1. The number of nitrogens with zero attached hydrogens (tertiary/aromatic N) is 1. The van der Waals surface area contributed by atoms with Crippen molar-refractivity contribution in [1.29, 1.82) is 0 Å². The average molecular weight is 190 g/mol. The molecule has 0 radical (unpaired) electrons. The van der Waals surface area contributed by atoms with Gasteiger partial charge < -0.3 is 4.90 Å². The number of sulfonamides is 1. The van der Waals surface area contributed by atoms with Crippen LogP contribution in [0.2, 0.25) is 0 Å². The normalized spacial score (nSPS) is 28.1. The van der Waals surface area contributed by atoms with E-state index in [9.17, 15) is 8.42 Å². The predicted molar refractivity (Wildman–Crippen MR) is 46.1 cm³/mol. The highest BCUT2D eigenvalue weighted by atomic mass is 32.2. The summed E-state index contributed by atoms with van der Waals surface area (Å²) < 4.78 is 21.7. The molecule has 12 heavy (non-hydrogen) atoms. The Kier molecular flexibility index (Phi) is 1.72. The molecule has 0 aromatic heterocycles. The van der Waals surface area contributed by atoms with Crippen molar-refractivity contribution in [2.24, 2.45) is 5.14 Å². The van der Waals surface area contributed by atoms with Gasteiger partial charge in [-0.1, -0.05) is 0 Å². The molecule has 1 saturated carbocycles. The number of rotatable bonds is 3. The summed E-state index contributed by atoms with van der Waals surface area (Å²) in [6, 6.07) is 0. The molecule has 1 heterocycles. The molecule has 2 N–H and O–H groups in total. The number of hydrogen-bond acceptors (Lipinski definition) is 3. The Morgan fingerprint density at radius 3 is 2.17 bits per heavy atom. The van der Waals surface area contributed by atoms with Crippen molar-refractivity contribution >= 4 is 10.0 Å². The van der Waals surface area contributed by atoms with Crippen molar-refractivity contribution in [2.45, 2.75) is 24.0 Å². The molecule has 1 aliphatic carbocycles. The lowest BCUT2D eigenvalue weighted by atomic mass is 10.2. The molecule has 0 spiro atoms. The molecule has 70 valence electrons. The summed E-state index contributed by atoms with van der Waals surface area (Å²) in [5.74, 6) is 0. The minimum atomic E-state index is -3.30. The van der Waals surface area contributed by atoms with Gasteiger partial charge in [0.05, 0.1) is 4.75 Å². The largest absolute Gasteiger partial charge is 0.302 e. The van der Waals surface area contributed by atoms with E-state index in [1.165, 1.54) is 6.42 Å². The molecule has 2 aliphatic rings. The van der Waals surface area contributed by atoms with Crippen LogP contribution in [0, 0.1) is 0 Å². The monoisotopic (exact) mass is 190 g/mol. The number of nitrogens with two attached hydrogens (primary N) is 1. The Morgan fingerprint density at radius 1 is 1.33 bits per heavy atom. The summed E-state index contributed by atoms with van der Waals surface area (Å²) in [6.45, 7) is 2.74. The first-order chi connectivity index (χ1) is 5.54. The molecule has 2 fully saturated rings. The highest BCUT2D eigenvalue weighted by Gasteiger charge is 2.54. The van der Waals surface area contributed by atoms with Gasteiger partial charge in [-0.25, -0.2) is 13.6 Å². The van der Waals surface area contributed by atoms with Gasteiger partial charge in [0.15, 0.2) is 0 Å². The van der Waals surface area contributed by atoms with Gasteiger partial charge in [-0.2, -0.15) is 0 Å². The van der Waals surface area contributed by atoms with E-state index in [2.05, 4.69) is 4.90 Å². The average Bonchev–Trinajstić information content (AvgIpc) is 2.56. The van der Waals surface area contributed by atoms with Gasteiger partial charge in [-0.15, -0.1) is 0 Å². The smallest absolute Gasteiger partial charge is 0.216 e. The summed E-state index contributed by atoms with van der Waals surface area (Å²) in [6.07, 6.45) is 2.70. The van der Waals surface area contributed by atoms with Gasteiger partial charge in [0.1, 0.15) is 0 Å². The van der Waals surface area contributed by atoms with E-state index in [4.69, 9.17) is 5.14 Å². The van der Waals surface area contributed by atoms with Gasteiger partial charge in [0.2, 0.25) is 10.0 Å². The van der Waals surface area contributed by atoms with E-state index in [0.29, 0.717) is 6.54 Å². The summed E-state index contributed by atoms with van der Waals surface area (Å²) >= 11 is 0. The van der Waals surface area contributed by atoms with Crippen LogP contribution in [0.1, 0.15) is 19.3 Å². The maximum absolute atomic E-state index is 11.1. The Bertz CT molecular complexity index is 278. The SMILES string of the molecule is NS(=O)(=O)C1(CN2CCC2)CC1. The van der Waals surface area contributed by atoms with Crippen LogP contribution >= 0.6 is 0 Å². The van der Waals surface area contributed by atoms with Gasteiger partial charge in [0.25, 0.3) is 0 Å². The van der Waals surface area contributed by atoms with Crippen LogP contribution in [0.3, 0.4) is 0 Å². The molecule has 2 rings (SSSR count). The standard InChI is InChI=1S/C7H14N2O2S/c8-12(10,11)7(2-3-7)6-9-4-1-5-9/h1-6H2,(H2,8,10,11). The number of hydrogen-bond donors (Lipinski definition) is 1. The molecule has 1 aliphatic heterocycles. The van der Waals surface area contributed by atoms with Gasteiger partial charge in [-0.3, -0.25) is 0 Å². The molecule has 0 bridgehead atoms. The highest BCUT2D eigenvalue weighted by Crippen LogP contribution is 2.43. The van der Waals surface area contributed by atoms with Gasteiger partial charge in [-0.05, 0) is 32.4 Å². The zero-order valence-corrected chi connectivity index (χ0v) is 7.81. The lowest BCUT2D eigenvalue weighted by molar-refractivity contribution is 0.177. The fourth-order valence-electron chi connectivity index (χ4n) is 1.62. The van der Waals surface area contributed by atoms with E-state index in [0.717, 1.165) is 25.9 Å². The fraction of sp³-hybridized carbons (Fsp3) is 1.00. The quantitative estimate of drug-likeness (QED) is 0.653. The van der Waals surface area contributed by atoms with Crippen LogP contribution in [0.4, 0.5) is 0 Å². The van der Waals surface area contributed by atoms with Gasteiger partial charge >= 0.3 is 0 Å². The molecule has 0 aromatic rings. The minimum absolute atomic E-state index is 0.562. The molecular formula is C7H14N2O2S. The Morgan fingerprint density at radius 2 is 1.92 bits per heavy atom. The van der Waals surface area contributed by atoms with E-state index in [1.807, 2.05) is 0 Å². The molecular weight excluding hydrogens is 176 g/mol. The first-order valence-corrected chi connectivity index (χ1v) is 5.83. The fourth-order valence-corrected chi connectivity index (χ4v) is 2.65. The summed E-state index contributed by atoms with van der Waals surface area (Å²) in [5.41, 5.74) is 0. The molecule has 0 atom stereocenters. The summed E-state index contributed by atoms with van der Waals surface area (Å²) in [7, 11) is -3.30. The van der Waals surface area contributed by atoms with Crippen molar-refractivity contribution in [3.8, 4) is 0 Å². The molecule has 0 amide bonds. The van der Waals surface area contributed by atoms with Gasteiger partial charge in [0, 0.05) is 6.54 Å². The van der Waals surface area contributed by atoms with Crippen molar-refractivity contribution in [1.82, 2.24) is 4.90 Å². The third-order valence-corrected chi connectivity index (χ3v) is 4.62. The zero-order chi connectivity index (χ0) is 8.82. The molecule has 1 saturated heterocycles. The second kappa shape index (κ2) is 2.43. The Labute approximate surface area is 72.8 Å². The predicted octanol–water partition coefficient (Wildman–Crippen LogP) is -0.487. The van der Waals surface area contributed by atoms with E-state index < -0.39 is 14.8 Å². The zero-order valence-electron chi connectivity index (χ0n) is 6.99. The summed E-state index contributed by atoms with van der Waals surface area (Å²) in [4.78, 5) is 2.16. The number of primary sulfonamides is 1. The molecule has 4 nitrogen and oxygen atoms in total. The van der Waals surface area contributed by atoms with Crippen molar-refractivity contribution in [2.75, 3.05) is 19.6 Å². The minimum Gasteiger partial charge on any atom is -0.302 e. The Balaban J connectivity index is 2.02. The van der Waals surface area contributed by atoms with E-state index in [1.54, 1.807) is 0 Å². The van der Waals surface area contributed by atoms with Crippen molar-refractivity contribution in [3.05, 3.63) is 0 Å². The van der Waals surface area contributed by atoms with Crippen LogP contribution < -0.4 is 5.14 Å². The maximum atomic E-state index is 11.1. The lowest BCUT2D eigenvalue weighted by Gasteiger charge is -2.33. The molecule has 0 aromatic carbocycles. The van der Waals surface area contributed by atoms with Crippen LogP contribution in [0.25, 0.3) is 0 Å². The third kappa shape index (κ3) is 1.26. The molecule has 5 heteroatoms. The van der Waals surface area contributed by atoms with Crippen LogP contribution in [0.5, 0.6) is 0 Å². The van der Waals surface area contributed by atoms with Crippen molar-refractivity contribution in [3.63, 3.8) is 0 Å². The van der Waals surface area contributed by atoms with E-state index in [-0.39, 0.29) is 0 Å². The topological polar surface area (TPSA) is 63.4 Å². The second-order valence-electron chi connectivity index (χ2n) is 3.86. The van der Waals surface area contributed by atoms with Crippen LogP contribution in [0.15, 0.2) is 0 Å². The summed E-state index contributed by atoms with van der Waals surface area (Å²) in [5, 5.41) is 5.15. The molecule has 0 unspecified atom stereocenters. The Hall–Kier alpha value is -0.130. The second-order valence-corrected chi connectivity index (χ2v) is 5.81. The highest BCUT2D eigenvalue weighted by molar-refractivity contribution is 7.90. The van der Waals surface area contributed by atoms with E-state index >= 15 is 0 Å². The van der Waals surface area contributed by atoms with Crippen molar-refractivity contribution < 1.29 is 8.42 Å². The van der Waals surface area contributed by atoms with Crippen LogP contribution in [-0.4, -0.2) is 37.7 Å². The first-order valence-electron chi connectivity index (χ1n) is 4.28. The van der Waals surface area contributed by atoms with Crippen LogP contribution in [-0.2, 0) is 10.0 Å². The maximum Gasteiger partial charge on any atom is 0.216 e. The third-order valence-electron chi connectivity index (χ3n) is 2.87. The first kappa shape index (κ1) is 8.47. The lowest BCUT2D eigenvalue weighted by Crippen LogP contribution is -2.47.